The van der Waals surface area contributed by atoms with Crippen LogP contribution in [0.2, 0.25) is 0 Å². The summed E-state index contributed by atoms with van der Waals surface area (Å²) in [6, 6.07) is 6.25. The fourth-order valence-corrected chi connectivity index (χ4v) is 2.93. The van der Waals surface area contributed by atoms with Crippen molar-refractivity contribution in [2.45, 2.75) is 25.9 Å². The molecule has 0 saturated carbocycles. The number of ether oxygens (including phenoxy) is 2. The van der Waals surface area contributed by atoms with Gasteiger partial charge in [-0.1, -0.05) is 6.07 Å². The zero-order valence-electron chi connectivity index (χ0n) is 13.9. The van der Waals surface area contributed by atoms with Crippen LogP contribution in [-0.2, 0) is 6.54 Å². The summed E-state index contributed by atoms with van der Waals surface area (Å²) in [5.41, 5.74) is 1.19. The monoisotopic (exact) mass is 308 g/mol. The first-order valence-electron chi connectivity index (χ1n) is 7.96. The van der Waals surface area contributed by atoms with E-state index in [4.69, 9.17) is 9.47 Å². The minimum atomic E-state index is 0.228. The molecule has 1 aromatic rings. The van der Waals surface area contributed by atoms with Crippen LogP contribution in [0.3, 0.4) is 0 Å². The molecule has 1 unspecified atom stereocenters. The standard InChI is InChI=1S/C17H28N2O3/c1-14(13-20)19-8-4-7-18(9-10-19)12-15-5-6-16(21-2)11-17(15)22-3/h5-6,11,14,20H,4,7-10,12-13H2,1-3H3. The maximum atomic E-state index is 9.31. The second-order valence-electron chi connectivity index (χ2n) is 5.88. The number of methoxy groups -OCH3 is 2. The van der Waals surface area contributed by atoms with Crippen molar-refractivity contribution in [1.29, 1.82) is 0 Å². The minimum absolute atomic E-state index is 0.228. The maximum absolute atomic E-state index is 9.31. The van der Waals surface area contributed by atoms with Crippen LogP contribution in [0, 0.1) is 0 Å². The number of aliphatic hydroxyl groups is 1. The Hall–Kier alpha value is -1.30. The number of hydrogen-bond donors (Lipinski definition) is 1. The second-order valence-corrected chi connectivity index (χ2v) is 5.88. The molecule has 0 amide bonds. The highest BCUT2D eigenvalue weighted by molar-refractivity contribution is 5.40. The predicted octanol–water partition coefficient (Wildman–Crippen LogP) is 1.59. The van der Waals surface area contributed by atoms with Gasteiger partial charge in [-0.05, 0) is 32.5 Å². The van der Waals surface area contributed by atoms with Gasteiger partial charge >= 0.3 is 0 Å². The maximum Gasteiger partial charge on any atom is 0.127 e. The SMILES string of the molecule is COc1ccc(CN2CCCN(C(C)CO)CC2)c(OC)c1. The van der Waals surface area contributed by atoms with Crippen LogP contribution in [0.15, 0.2) is 18.2 Å². The highest BCUT2D eigenvalue weighted by Crippen LogP contribution is 2.26. The molecule has 0 bridgehead atoms. The Kier molecular flexibility index (Phi) is 6.49. The van der Waals surface area contributed by atoms with Crippen molar-refractivity contribution in [2.75, 3.05) is 47.0 Å². The van der Waals surface area contributed by atoms with Crippen molar-refractivity contribution in [3.8, 4) is 11.5 Å². The molecule has 5 nitrogen and oxygen atoms in total. The van der Waals surface area contributed by atoms with Gasteiger partial charge in [-0.3, -0.25) is 9.80 Å². The van der Waals surface area contributed by atoms with Gasteiger partial charge in [-0.25, -0.2) is 0 Å². The first-order chi connectivity index (χ1) is 10.7. The Labute approximate surface area is 133 Å². The molecule has 22 heavy (non-hydrogen) atoms. The average Bonchev–Trinajstić information content (AvgIpc) is 2.80. The zero-order chi connectivity index (χ0) is 15.9. The molecule has 1 aliphatic heterocycles. The number of benzene rings is 1. The zero-order valence-corrected chi connectivity index (χ0v) is 13.9. The summed E-state index contributed by atoms with van der Waals surface area (Å²) >= 11 is 0. The van der Waals surface area contributed by atoms with E-state index in [2.05, 4.69) is 22.8 Å². The Morgan fingerprint density at radius 2 is 1.95 bits per heavy atom. The molecule has 0 radical (unpaired) electrons. The van der Waals surface area contributed by atoms with Crippen molar-refractivity contribution < 1.29 is 14.6 Å². The normalized spacial score (nSPS) is 18.7. The van der Waals surface area contributed by atoms with Crippen molar-refractivity contribution in [3.05, 3.63) is 23.8 Å². The lowest BCUT2D eigenvalue weighted by Gasteiger charge is -2.26. The van der Waals surface area contributed by atoms with Gasteiger partial charge in [-0.15, -0.1) is 0 Å². The lowest BCUT2D eigenvalue weighted by molar-refractivity contribution is 0.136. The number of nitrogens with zero attached hydrogens (tertiary/aromatic N) is 2. The molecule has 1 saturated heterocycles. The summed E-state index contributed by atoms with van der Waals surface area (Å²) in [4.78, 5) is 4.82. The third-order valence-corrected chi connectivity index (χ3v) is 4.40. The Morgan fingerprint density at radius 1 is 1.14 bits per heavy atom. The molecule has 1 aromatic carbocycles. The molecule has 1 atom stereocenters. The molecule has 0 aliphatic carbocycles. The van der Waals surface area contributed by atoms with E-state index in [9.17, 15) is 5.11 Å². The van der Waals surface area contributed by atoms with E-state index in [-0.39, 0.29) is 12.6 Å². The summed E-state index contributed by atoms with van der Waals surface area (Å²) in [7, 11) is 3.37. The summed E-state index contributed by atoms with van der Waals surface area (Å²) in [5.74, 6) is 1.70. The fourth-order valence-electron chi connectivity index (χ4n) is 2.93. The summed E-state index contributed by atoms with van der Waals surface area (Å²) in [5, 5.41) is 9.31. The van der Waals surface area contributed by atoms with E-state index in [1.807, 2.05) is 12.1 Å². The third-order valence-electron chi connectivity index (χ3n) is 4.40. The van der Waals surface area contributed by atoms with Gasteiger partial charge in [0.15, 0.2) is 0 Å². The van der Waals surface area contributed by atoms with Gasteiger partial charge < -0.3 is 14.6 Å². The third kappa shape index (κ3) is 4.35. The van der Waals surface area contributed by atoms with E-state index in [1.54, 1.807) is 14.2 Å². The first kappa shape index (κ1) is 17.1. The largest absolute Gasteiger partial charge is 0.497 e. The molecule has 0 spiro atoms. The van der Waals surface area contributed by atoms with Gasteiger partial charge in [0.05, 0.1) is 20.8 Å². The van der Waals surface area contributed by atoms with Crippen LogP contribution in [-0.4, -0.2) is 68.0 Å². The minimum Gasteiger partial charge on any atom is -0.497 e. The highest BCUT2D eigenvalue weighted by atomic mass is 16.5. The van der Waals surface area contributed by atoms with E-state index in [0.717, 1.165) is 50.6 Å². The number of aliphatic hydroxyl groups excluding tert-OH is 1. The molecule has 1 N–H and O–H groups in total. The molecule has 1 fully saturated rings. The Balaban J connectivity index is 1.99. The van der Waals surface area contributed by atoms with Crippen LogP contribution in [0.1, 0.15) is 18.9 Å². The van der Waals surface area contributed by atoms with Crippen molar-refractivity contribution >= 4 is 0 Å². The van der Waals surface area contributed by atoms with E-state index in [1.165, 1.54) is 5.56 Å². The van der Waals surface area contributed by atoms with Crippen LogP contribution >= 0.6 is 0 Å². The predicted molar refractivity (Wildman–Crippen MR) is 87.6 cm³/mol. The number of rotatable bonds is 6. The average molecular weight is 308 g/mol. The summed E-state index contributed by atoms with van der Waals surface area (Å²) in [6.07, 6.45) is 1.13. The van der Waals surface area contributed by atoms with E-state index < -0.39 is 0 Å². The molecular weight excluding hydrogens is 280 g/mol. The summed E-state index contributed by atoms with van der Waals surface area (Å²) < 4.78 is 10.7. The molecule has 0 aromatic heterocycles. The van der Waals surface area contributed by atoms with Gasteiger partial charge in [-0.2, -0.15) is 0 Å². The first-order valence-corrected chi connectivity index (χ1v) is 7.96. The van der Waals surface area contributed by atoms with Gasteiger partial charge in [0, 0.05) is 37.3 Å². The quantitative estimate of drug-likeness (QED) is 0.865. The van der Waals surface area contributed by atoms with E-state index >= 15 is 0 Å². The van der Waals surface area contributed by atoms with Gasteiger partial charge in [0.25, 0.3) is 0 Å². The van der Waals surface area contributed by atoms with Crippen LogP contribution in [0.25, 0.3) is 0 Å². The molecule has 2 rings (SSSR count). The van der Waals surface area contributed by atoms with Crippen molar-refractivity contribution in [3.63, 3.8) is 0 Å². The van der Waals surface area contributed by atoms with Gasteiger partial charge in [0.1, 0.15) is 11.5 Å². The van der Waals surface area contributed by atoms with Crippen LogP contribution in [0.4, 0.5) is 0 Å². The van der Waals surface area contributed by atoms with Crippen molar-refractivity contribution in [1.82, 2.24) is 9.80 Å². The molecule has 124 valence electrons. The smallest absolute Gasteiger partial charge is 0.127 e. The van der Waals surface area contributed by atoms with Crippen molar-refractivity contribution in [2.24, 2.45) is 0 Å². The number of hydrogen-bond acceptors (Lipinski definition) is 5. The lowest BCUT2D eigenvalue weighted by Crippen LogP contribution is -2.38. The van der Waals surface area contributed by atoms with E-state index in [0.29, 0.717) is 0 Å². The van der Waals surface area contributed by atoms with Crippen LogP contribution < -0.4 is 9.47 Å². The topological polar surface area (TPSA) is 45.2 Å². The fraction of sp³-hybridized carbons (Fsp3) is 0.647. The van der Waals surface area contributed by atoms with Gasteiger partial charge in [0.2, 0.25) is 0 Å². The molecule has 5 heteroatoms. The Morgan fingerprint density at radius 3 is 2.64 bits per heavy atom. The Bertz CT molecular complexity index is 467. The van der Waals surface area contributed by atoms with Crippen LogP contribution in [0.5, 0.6) is 11.5 Å². The second kappa shape index (κ2) is 8.36. The molecule has 1 heterocycles. The lowest BCUT2D eigenvalue weighted by atomic mass is 10.1. The highest BCUT2D eigenvalue weighted by Gasteiger charge is 2.19. The molecule has 1 aliphatic rings. The molecular formula is C17H28N2O3. The summed E-state index contributed by atoms with van der Waals surface area (Å²) in [6.45, 7) is 7.34.